The molecule has 0 saturated carbocycles. The lowest BCUT2D eigenvalue weighted by atomic mass is 10.2. The molecule has 0 bridgehead atoms. The number of methoxy groups -OCH3 is 1. The molecule has 0 aliphatic rings. The molecule has 0 aliphatic heterocycles. The van der Waals surface area contributed by atoms with E-state index in [1.807, 2.05) is 24.3 Å². The van der Waals surface area contributed by atoms with Gasteiger partial charge in [-0.2, -0.15) is 0 Å². The molecule has 1 N–H and O–H groups in total. The fourth-order valence-corrected chi connectivity index (χ4v) is 2.59. The van der Waals surface area contributed by atoms with Crippen molar-refractivity contribution >= 4 is 44.4 Å². The molecule has 0 fully saturated rings. The molecule has 3 rings (SSSR count). The zero-order valence-corrected chi connectivity index (χ0v) is 14.6. The Kier molecular flexibility index (Phi) is 4.61. The maximum Gasteiger partial charge on any atom is 0.308 e. The van der Waals surface area contributed by atoms with Gasteiger partial charge in [-0.25, -0.2) is 9.97 Å². The number of hydrogen-bond donors (Lipinski definition) is 1. The summed E-state index contributed by atoms with van der Waals surface area (Å²) in [5.41, 5.74) is 1.54. The van der Waals surface area contributed by atoms with Gasteiger partial charge in [0.15, 0.2) is 11.5 Å². The Morgan fingerprint density at radius 2 is 2.04 bits per heavy atom. The molecule has 6 nitrogen and oxygen atoms in total. The third kappa shape index (κ3) is 3.62. The van der Waals surface area contributed by atoms with Crippen LogP contribution in [0.2, 0.25) is 0 Å². The summed E-state index contributed by atoms with van der Waals surface area (Å²) in [5.74, 6) is 0.822. The molecule has 0 saturated heterocycles. The van der Waals surface area contributed by atoms with E-state index in [0.717, 1.165) is 15.5 Å². The summed E-state index contributed by atoms with van der Waals surface area (Å²) < 4.78 is 11.4. The minimum absolute atomic E-state index is 0.341. The summed E-state index contributed by atoms with van der Waals surface area (Å²) in [4.78, 5) is 19.9. The van der Waals surface area contributed by atoms with Crippen molar-refractivity contribution in [1.29, 1.82) is 0 Å². The first-order valence-corrected chi connectivity index (χ1v) is 7.90. The zero-order chi connectivity index (χ0) is 17.1. The molecule has 0 spiro atoms. The molecule has 7 heteroatoms. The Labute approximate surface area is 147 Å². The smallest absolute Gasteiger partial charge is 0.308 e. The lowest BCUT2D eigenvalue weighted by molar-refractivity contribution is -0.131. The van der Waals surface area contributed by atoms with E-state index in [1.165, 1.54) is 14.0 Å². The van der Waals surface area contributed by atoms with Crippen LogP contribution in [0.1, 0.15) is 6.92 Å². The molecule has 0 radical (unpaired) electrons. The lowest BCUT2D eigenvalue weighted by Gasteiger charge is -2.10. The SMILES string of the molecule is COc1cc2nc(Nc3cccc(Br)c3)ncc2cc1OC(C)=O. The molecule has 0 unspecified atom stereocenters. The summed E-state index contributed by atoms with van der Waals surface area (Å²) >= 11 is 3.42. The first kappa shape index (κ1) is 16.2. The zero-order valence-electron chi connectivity index (χ0n) is 13.0. The van der Waals surface area contributed by atoms with Crippen molar-refractivity contribution in [2.45, 2.75) is 6.92 Å². The number of halogens is 1. The summed E-state index contributed by atoms with van der Waals surface area (Å²) in [6.45, 7) is 1.34. The number of hydrogen-bond acceptors (Lipinski definition) is 6. The Morgan fingerprint density at radius 1 is 1.21 bits per heavy atom. The molecule has 1 heterocycles. The third-order valence-corrected chi connectivity index (χ3v) is 3.69. The average molecular weight is 388 g/mol. The molecule has 3 aromatic rings. The normalized spacial score (nSPS) is 10.5. The van der Waals surface area contributed by atoms with E-state index in [9.17, 15) is 4.79 Å². The van der Waals surface area contributed by atoms with Gasteiger partial charge in [-0.3, -0.25) is 4.79 Å². The van der Waals surface area contributed by atoms with Crippen molar-refractivity contribution in [1.82, 2.24) is 9.97 Å². The highest BCUT2D eigenvalue weighted by Gasteiger charge is 2.11. The van der Waals surface area contributed by atoms with Crippen molar-refractivity contribution in [3.05, 3.63) is 47.1 Å². The second-order valence-electron chi connectivity index (χ2n) is 4.98. The van der Waals surface area contributed by atoms with Crippen molar-refractivity contribution in [3.63, 3.8) is 0 Å². The number of carbonyl (C=O) groups excluding carboxylic acids is 1. The number of fused-ring (bicyclic) bond motifs is 1. The van der Waals surface area contributed by atoms with Crippen molar-refractivity contribution in [2.75, 3.05) is 12.4 Å². The average Bonchev–Trinajstić information content (AvgIpc) is 2.54. The number of esters is 1. The van der Waals surface area contributed by atoms with E-state index >= 15 is 0 Å². The van der Waals surface area contributed by atoms with Gasteiger partial charge in [-0.1, -0.05) is 22.0 Å². The van der Waals surface area contributed by atoms with Crippen LogP contribution in [0.3, 0.4) is 0 Å². The summed E-state index contributed by atoms with van der Waals surface area (Å²) in [6.07, 6.45) is 1.66. The first-order valence-electron chi connectivity index (χ1n) is 7.11. The van der Waals surface area contributed by atoms with Crippen molar-refractivity contribution < 1.29 is 14.3 Å². The highest BCUT2D eigenvalue weighted by atomic mass is 79.9. The summed E-state index contributed by atoms with van der Waals surface area (Å²) in [6, 6.07) is 11.1. The van der Waals surface area contributed by atoms with E-state index in [2.05, 4.69) is 31.2 Å². The van der Waals surface area contributed by atoms with Crippen LogP contribution in [0.15, 0.2) is 47.1 Å². The predicted octanol–water partition coefficient (Wildman–Crippen LogP) is 4.07. The number of aromatic nitrogens is 2. The van der Waals surface area contributed by atoms with Crippen LogP contribution in [0.25, 0.3) is 10.9 Å². The van der Waals surface area contributed by atoms with Gasteiger partial charge in [-0.05, 0) is 24.3 Å². The van der Waals surface area contributed by atoms with Crippen LogP contribution in [-0.2, 0) is 4.79 Å². The van der Waals surface area contributed by atoms with Gasteiger partial charge in [0.25, 0.3) is 0 Å². The molecule has 2 aromatic carbocycles. The summed E-state index contributed by atoms with van der Waals surface area (Å²) in [5, 5.41) is 3.89. The highest BCUT2D eigenvalue weighted by molar-refractivity contribution is 9.10. The lowest BCUT2D eigenvalue weighted by Crippen LogP contribution is -2.03. The minimum Gasteiger partial charge on any atom is -0.493 e. The topological polar surface area (TPSA) is 73.3 Å². The molecular formula is C17H14BrN3O3. The number of anilines is 2. The predicted molar refractivity (Wildman–Crippen MR) is 94.8 cm³/mol. The van der Waals surface area contributed by atoms with E-state index < -0.39 is 5.97 Å². The van der Waals surface area contributed by atoms with Crippen LogP contribution < -0.4 is 14.8 Å². The molecular weight excluding hydrogens is 374 g/mol. The molecule has 122 valence electrons. The second kappa shape index (κ2) is 6.84. The Morgan fingerprint density at radius 3 is 2.75 bits per heavy atom. The second-order valence-corrected chi connectivity index (χ2v) is 5.90. The third-order valence-electron chi connectivity index (χ3n) is 3.20. The maximum absolute atomic E-state index is 11.2. The van der Waals surface area contributed by atoms with Crippen LogP contribution in [0.5, 0.6) is 11.5 Å². The number of benzene rings is 2. The maximum atomic E-state index is 11.2. The molecule has 0 atom stereocenters. The van der Waals surface area contributed by atoms with Gasteiger partial charge >= 0.3 is 5.97 Å². The van der Waals surface area contributed by atoms with Gasteiger partial charge in [0, 0.05) is 34.7 Å². The van der Waals surface area contributed by atoms with Gasteiger partial charge in [0.2, 0.25) is 5.95 Å². The Bertz CT molecular complexity index is 915. The van der Waals surface area contributed by atoms with Crippen LogP contribution in [0.4, 0.5) is 11.6 Å². The number of carbonyl (C=O) groups is 1. The van der Waals surface area contributed by atoms with Crippen LogP contribution >= 0.6 is 15.9 Å². The van der Waals surface area contributed by atoms with Crippen LogP contribution in [-0.4, -0.2) is 23.0 Å². The Hall–Kier alpha value is -2.67. The summed E-state index contributed by atoms with van der Waals surface area (Å²) in [7, 11) is 1.51. The standard InChI is InChI=1S/C17H14BrN3O3/c1-10(22)24-16-6-11-9-19-17(21-14(11)8-15(16)23-2)20-13-5-3-4-12(18)7-13/h3-9H,1-2H3,(H,19,20,21). The largest absolute Gasteiger partial charge is 0.493 e. The van der Waals surface area contributed by atoms with E-state index in [-0.39, 0.29) is 0 Å². The van der Waals surface area contributed by atoms with Crippen molar-refractivity contribution in [2.24, 2.45) is 0 Å². The Balaban J connectivity index is 1.97. The fourth-order valence-electron chi connectivity index (χ4n) is 2.19. The van der Waals surface area contributed by atoms with Gasteiger partial charge < -0.3 is 14.8 Å². The van der Waals surface area contributed by atoms with Crippen molar-refractivity contribution in [3.8, 4) is 11.5 Å². The highest BCUT2D eigenvalue weighted by Crippen LogP contribution is 2.32. The first-order chi connectivity index (χ1) is 11.5. The monoisotopic (exact) mass is 387 g/mol. The molecule has 0 aliphatic carbocycles. The fraction of sp³-hybridized carbons (Fsp3) is 0.118. The van der Waals surface area contributed by atoms with Gasteiger partial charge in [0.05, 0.1) is 12.6 Å². The van der Waals surface area contributed by atoms with E-state index in [0.29, 0.717) is 23.0 Å². The molecule has 0 amide bonds. The molecule has 1 aromatic heterocycles. The van der Waals surface area contributed by atoms with Crippen LogP contribution in [0, 0.1) is 0 Å². The van der Waals surface area contributed by atoms with Gasteiger partial charge in [-0.15, -0.1) is 0 Å². The number of nitrogens with zero attached hydrogens (tertiary/aromatic N) is 2. The van der Waals surface area contributed by atoms with E-state index in [4.69, 9.17) is 9.47 Å². The van der Waals surface area contributed by atoms with E-state index in [1.54, 1.807) is 18.3 Å². The van der Waals surface area contributed by atoms with Gasteiger partial charge in [0.1, 0.15) is 0 Å². The number of ether oxygens (including phenoxy) is 2. The molecule has 24 heavy (non-hydrogen) atoms. The number of nitrogens with one attached hydrogen (secondary N) is 1. The quantitative estimate of drug-likeness (QED) is 0.537. The number of rotatable bonds is 4. The minimum atomic E-state index is -0.415.